The van der Waals surface area contributed by atoms with Gasteiger partial charge in [0.05, 0.1) is 11.7 Å². The van der Waals surface area contributed by atoms with Crippen LogP contribution in [0.1, 0.15) is 55.0 Å². The van der Waals surface area contributed by atoms with Gasteiger partial charge in [-0.1, -0.05) is 38.5 Å². The van der Waals surface area contributed by atoms with Crippen LogP contribution in [0, 0.1) is 0 Å². The molecule has 1 amide bonds. The van der Waals surface area contributed by atoms with Crippen LogP contribution in [0.5, 0.6) is 0 Å². The summed E-state index contributed by atoms with van der Waals surface area (Å²) < 4.78 is 1.44. The number of carbonyl (C=O) groups excluding carboxylic acids is 1. The Morgan fingerprint density at radius 3 is 2.82 bits per heavy atom. The molecular formula is C22H25N3O2S. The molecule has 5 nitrogen and oxygen atoms in total. The second-order valence-electron chi connectivity index (χ2n) is 7.71. The third-order valence-electron chi connectivity index (χ3n) is 5.36. The van der Waals surface area contributed by atoms with Gasteiger partial charge >= 0.3 is 0 Å². The number of carbonyl (C=O) groups is 1. The molecular weight excluding hydrogens is 370 g/mol. The van der Waals surface area contributed by atoms with Crippen molar-refractivity contribution < 1.29 is 4.79 Å². The molecule has 1 aromatic carbocycles. The number of aromatic nitrogens is 2. The maximum Gasteiger partial charge on any atom is 0.262 e. The molecule has 28 heavy (non-hydrogen) atoms. The van der Waals surface area contributed by atoms with Crippen LogP contribution < -0.4 is 10.9 Å². The van der Waals surface area contributed by atoms with Gasteiger partial charge in [-0.2, -0.15) is 0 Å². The maximum absolute atomic E-state index is 13.1. The van der Waals surface area contributed by atoms with Crippen LogP contribution in [0.4, 0.5) is 5.69 Å². The summed E-state index contributed by atoms with van der Waals surface area (Å²) in [6.45, 7) is 4.16. The van der Waals surface area contributed by atoms with Gasteiger partial charge in [0, 0.05) is 10.6 Å². The standard InChI is InChI=1S/C22H25N3O2S/c1-14(2)15-8-6-7-10-17(15)24-19(26)12-25-13-23-21-20(22(25)27)16-9-4-3-5-11-18(16)28-21/h6-8,10,13-14H,3-5,9,11-12H2,1-2H3,(H,24,26). The Bertz CT molecular complexity index is 1080. The van der Waals surface area contributed by atoms with Crippen LogP contribution in [0.3, 0.4) is 0 Å². The van der Waals surface area contributed by atoms with Crippen LogP contribution in [-0.2, 0) is 24.2 Å². The fraction of sp³-hybridized carbons (Fsp3) is 0.409. The molecule has 0 aliphatic heterocycles. The number of thiophene rings is 1. The van der Waals surface area contributed by atoms with Crippen molar-refractivity contribution in [3.05, 3.63) is 57.0 Å². The molecule has 0 atom stereocenters. The van der Waals surface area contributed by atoms with Crippen molar-refractivity contribution in [1.82, 2.24) is 9.55 Å². The predicted octanol–water partition coefficient (Wildman–Crippen LogP) is 4.49. The minimum atomic E-state index is -0.210. The first-order valence-electron chi connectivity index (χ1n) is 9.93. The van der Waals surface area contributed by atoms with Crippen molar-refractivity contribution in [3.63, 3.8) is 0 Å². The third kappa shape index (κ3) is 3.61. The number of anilines is 1. The van der Waals surface area contributed by atoms with Gasteiger partial charge < -0.3 is 5.32 Å². The zero-order valence-electron chi connectivity index (χ0n) is 16.3. The van der Waals surface area contributed by atoms with Crippen molar-refractivity contribution in [1.29, 1.82) is 0 Å². The summed E-state index contributed by atoms with van der Waals surface area (Å²) in [4.78, 5) is 32.3. The maximum atomic E-state index is 13.1. The molecule has 0 saturated heterocycles. The summed E-state index contributed by atoms with van der Waals surface area (Å²) in [6, 6.07) is 7.79. The highest BCUT2D eigenvalue weighted by molar-refractivity contribution is 7.18. The number of para-hydroxylation sites is 1. The van der Waals surface area contributed by atoms with E-state index < -0.39 is 0 Å². The Morgan fingerprint density at radius 1 is 1.21 bits per heavy atom. The molecule has 0 spiro atoms. The van der Waals surface area contributed by atoms with Gasteiger partial charge in [-0.25, -0.2) is 4.98 Å². The van der Waals surface area contributed by atoms with E-state index in [0.717, 1.165) is 46.3 Å². The number of nitrogens with one attached hydrogen (secondary N) is 1. The molecule has 0 bridgehead atoms. The molecule has 2 aromatic heterocycles. The molecule has 0 radical (unpaired) electrons. The number of benzene rings is 1. The summed E-state index contributed by atoms with van der Waals surface area (Å²) in [5.41, 5.74) is 2.94. The SMILES string of the molecule is CC(C)c1ccccc1NC(=O)Cn1cnc2sc3c(c2c1=O)CCCCC3. The monoisotopic (exact) mass is 395 g/mol. The van der Waals surface area contributed by atoms with Crippen LogP contribution in [0.15, 0.2) is 35.4 Å². The normalized spacial score (nSPS) is 14.1. The Balaban J connectivity index is 1.62. The minimum Gasteiger partial charge on any atom is -0.324 e. The lowest BCUT2D eigenvalue weighted by molar-refractivity contribution is -0.116. The molecule has 6 heteroatoms. The van der Waals surface area contributed by atoms with E-state index in [9.17, 15) is 9.59 Å². The van der Waals surface area contributed by atoms with Gasteiger partial charge in [-0.15, -0.1) is 11.3 Å². The van der Waals surface area contributed by atoms with E-state index in [1.54, 1.807) is 11.3 Å². The summed E-state index contributed by atoms with van der Waals surface area (Å²) in [5.74, 6) is 0.0937. The Kier molecular flexibility index (Phi) is 5.31. The van der Waals surface area contributed by atoms with E-state index in [4.69, 9.17) is 0 Å². The van der Waals surface area contributed by atoms with E-state index in [0.29, 0.717) is 5.92 Å². The molecule has 3 aromatic rings. The van der Waals surface area contributed by atoms with Crippen LogP contribution in [0.2, 0.25) is 0 Å². The minimum absolute atomic E-state index is 0.0289. The van der Waals surface area contributed by atoms with Gasteiger partial charge in [0.1, 0.15) is 11.4 Å². The van der Waals surface area contributed by atoms with E-state index in [-0.39, 0.29) is 18.0 Å². The fourth-order valence-electron chi connectivity index (χ4n) is 3.93. The Labute approximate surface area is 168 Å². The van der Waals surface area contributed by atoms with Gasteiger partial charge in [-0.05, 0) is 48.8 Å². The van der Waals surface area contributed by atoms with Crippen molar-refractivity contribution in [2.45, 2.75) is 58.4 Å². The van der Waals surface area contributed by atoms with Gasteiger partial charge in [0.25, 0.3) is 5.56 Å². The van der Waals surface area contributed by atoms with Gasteiger partial charge in [0.15, 0.2) is 0 Å². The van der Waals surface area contributed by atoms with Gasteiger partial charge in [-0.3, -0.25) is 14.2 Å². The quantitative estimate of drug-likeness (QED) is 0.662. The smallest absolute Gasteiger partial charge is 0.262 e. The largest absolute Gasteiger partial charge is 0.324 e. The highest BCUT2D eigenvalue weighted by Crippen LogP contribution is 2.32. The average Bonchev–Trinajstić information content (AvgIpc) is 2.86. The molecule has 0 unspecified atom stereocenters. The van der Waals surface area contributed by atoms with Crippen molar-refractivity contribution in [2.75, 3.05) is 5.32 Å². The first-order valence-corrected chi connectivity index (χ1v) is 10.7. The lowest BCUT2D eigenvalue weighted by Crippen LogP contribution is -2.28. The molecule has 146 valence electrons. The highest BCUT2D eigenvalue weighted by atomic mass is 32.1. The number of hydrogen-bond donors (Lipinski definition) is 1. The summed E-state index contributed by atoms with van der Waals surface area (Å²) in [7, 11) is 0. The topological polar surface area (TPSA) is 64.0 Å². The third-order valence-corrected chi connectivity index (χ3v) is 6.56. The van der Waals surface area contributed by atoms with Crippen LogP contribution in [-0.4, -0.2) is 15.5 Å². The second-order valence-corrected chi connectivity index (χ2v) is 8.80. The number of rotatable bonds is 4. The lowest BCUT2D eigenvalue weighted by atomic mass is 10.0. The molecule has 0 fully saturated rings. The Morgan fingerprint density at radius 2 is 2.00 bits per heavy atom. The fourth-order valence-corrected chi connectivity index (χ4v) is 5.15. The Hall–Kier alpha value is -2.47. The van der Waals surface area contributed by atoms with E-state index in [2.05, 4.69) is 24.1 Å². The van der Waals surface area contributed by atoms with Crippen molar-refractivity contribution in [3.8, 4) is 0 Å². The molecule has 2 heterocycles. The first kappa shape index (κ1) is 18.9. The van der Waals surface area contributed by atoms with Crippen LogP contribution in [0.25, 0.3) is 10.2 Å². The number of aryl methyl sites for hydroxylation is 2. The van der Waals surface area contributed by atoms with Crippen molar-refractivity contribution in [2.24, 2.45) is 0 Å². The summed E-state index contributed by atoms with van der Waals surface area (Å²) >= 11 is 1.64. The summed E-state index contributed by atoms with van der Waals surface area (Å²) in [6.07, 6.45) is 6.96. The average molecular weight is 396 g/mol. The lowest BCUT2D eigenvalue weighted by Gasteiger charge is -2.14. The van der Waals surface area contributed by atoms with Crippen LogP contribution >= 0.6 is 11.3 Å². The van der Waals surface area contributed by atoms with Crippen molar-refractivity contribution >= 4 is 33.1 Å². The zero-order valence-corrected chi connectivity index (χ0v) is 17.1. The van der Waals surface area contributed by atoms with Gasteiger partial charge in [0.2, 0.25) is 5.91 Å². The number of hydrogen-bond acceptors (Lipinski definition) is 4. The molecule has 0 saturated carbocycles. The number of nitrogens with zero attached hydrogens (tertiary/aromatic N) is 2. The van der Waals surface area contributed by atoms with E-state index in [1.165, 1.54) is 28.6 Å². The zero-order chi connectivity index (χ0) is 19.7. The van der Waals surface area contributed by atoms with E-state index >= 15 is 0 Å². The summed E-state index contributed by atoms with van der Waals surface area (Å²) in [5, 5.41) is 3.68. The highest BCUT2D eigenvalue weighted by Gasteiger charge is 2.20. The number of fused-ring (bicyclic) bond motifs is 3. The predicted molar refractivity (Wildman–Crippen MR) is 114 cm³/mol. The van der Waals surface area contributed by atoms with E-state index in [1.807, 2.05) is 24.3 Å². The number of amides is 1. The molecule has 1 aliphatic carbocycles. The molecule has 4 rings (SSSR count). The molecule has 1 N–H and O–H groups in total. The molecule has 1 aliphatic rings. The first-order chi connectivity index (χ1) is 13.5. The second kappa shape index (κ2) is 7.87.